The van der Waals surface area contributed by atoms with Gasteiger partial charge < -0.3 is 4.90 Å². The van der Waals surface area contributed by atoms with Crippen molar-refractivity contribution in [3.8, 4) is 6.07 Å². The van der Waals surface area contributed by atoms with Gasteiger partial charge in [0.05, 0.1) is 17.5 Å². The van der Waals surface area contributed by atoms with Crippen LogP contribution in [-0.4, -0.2) is 33.8 Å². The maximum atomic E-state index is 11.2. The van der Waals surface area contributed by atoms with Gasteiger partial charge in [-0.05, 0) is 34.5 Å². The highest BCUT2D eigenvalue weighted by molar-refractivity contribution is 9.10. The minimum atomic E-state index is -3.19. The average molecular weight is 344 g/mol. The summed E-state index contributed by atoms with van der Waals surface area (Å²) in [4.78, 5) is 2.03. The molecule has 1 aromatic rings. The number of benzene rings is 1. The molecule has 0 spiro atoms. The third kappa shape index (κ3) is 3.47. The summed E-state index contributed by atoms with van der Waals surface area (Å²) < 4.78 is 25.8. The van der Waals surface area contributed by atoms with E-state index in [1.165, 1.54) is 0 Å². The van der Waals surface area contributed by atoms with E-state index in [0.717, 1.165) is 29.4 Å². The molecule has 1 N–H and O–H groups in total. The summed E-state index contributed by atoms with van der Waals surface area (Å²) in [5.41, 5.74) is 1.43. The molecule has 19 heavy (non-hydrogen) atoms. The Hall–Kier alpha value is -1.10. The standard InChI is InChI=1S/C12H14BrN3O2S/c1-19(17,18)15-9-5-6-16(8-9)12-4-2-3-11(13)10(12)7-14/h2-4,9,15H,5-6,8H2,1H3. The van der Waals surface area contributed by atoms with Crippen LogP contribution in [0.3, 0.4) is 0 Å². The molecule has 1 atom stereocenters. The third-order valence-corrected chi connectivity index (χ3v) is 4.44. The summed E-state index contributed by atoms with van der Waals surface area (Å²) in [5, 5.41) is 9.19. The van der Waals surface area contributed by atoms with E-state index in [4.69, 9.17) is 0 Å². The van der Waals surface area contributed by atoms with Crippen molar-refractivity contribution in [2.24, 2.45) is 0 Å². The van der Waals surface area contributed by atoms with Crippen LogP contribution >= 0.6 is 15.9 Å². The molecule has 1 fully saturated rings. The van der Waals surface area contributed by atoms with Gasteiger partial charge in [0.15, 0.2) is 0 Å². The Balaban J connectivity index is 2.18. The highest BCUT2D eigenvalue weighted by Gasteiger charge is 2.26. The largest absolute Gasteiger partial charge is 0.369 e. The summed E-state index contributed by atoms with van der Waals surface area (Å²) in [6.45, 7) is 1.32. The number of hydrogen-bond donors (Lipinski definition) is 1. The van der Waals surface area contributed by atoms with Gasteiger partial charge in [-0.15, -0.1) is 0 Å². The quantitative estimate of drug-likeness (QED) is 0.901. The van der Waals surface area contributed by atoms with Crippen LogP contribution in [0.1, 0.15) is 12.0 Å². The summed E-state index contributed by atoms with van der Waals surface area (Å²) in [6, 6.07) is 7.66. The van der Waals surface area contributed by atoms with Gasteiger partial charge in [0.25, 0.3) is 0 Å². The smallest absolute Gasteiger partial charge is 0.209 e. The van der Waals surface area contributed by atoms with Crippen LogP contribution in [0.4, 0.5) is 5.69 Å². The van der Waals surface area contributed by atoms with E-state index in [-0.39, 0.29) is 6.04 Å². The van der Waals surface area contributed by atoms with E-state index >= 15 is 0 Å². The van der Waals surface area contributed by atoms with Crippen LogP contribution in [-0.2, 0) is 10.0 Å². The summed E-state index contributed by atoms with van der Waals surface area (Å²) in [6.07, 6.45) is 1.90. The minimum absolute atomic E-state index is 0.0967. The van der Waals surface area contributed by atoms with Crippen molar-refractivity contribution in [3.05, 3.63) is 28.2 Å². The number of halogens is 1. The molecule has 2 rings (SSSR count). The summed E-state index contributed by atoms with van der Waals surface area (Å²) in [7, 11) is -3.19. The van der Waals surface area contributed by atoms with Crippen molar-refractivity contribution < 1.29 is 8.42 Å². The predicted octanol–water partition coefficient (Wildman–Crippen LogP) is 1.45. The molecule has 0 radical (unpaired) electrons. The lowest BCUT2D eigenvalue weighted by Crippen LogP contribution is -2.36. The normalized spacial score (nSPS) is 19.4. The number of hydrogen-bond acceptors (Lipinski definition) is 4. The van der Waals surface area contributed by atoms with Crippen LogP contribution < -0.4 is 9.62 Å². The molecule has 7 heteroatoms. The van der Waals surface area contributed by atoms with Crippen LogP contribution in [0.25, 0.3) is 0 Å². The molecule has 1 aliphatic rings. The average Bonchev–Trinajstić information content (AvgIpc) is 2.74. The van der Waals surface area contributed by atoms with Crippen LogP contribution in [0.15, 0.2) is 22.7 Å². The molecule has 102 valence electrons. The number of nitriles is 1. The molecule has 1 heterocycles. The topological polar surface area (TPSA) is 73.2 Å². The molecule has 1 aliphatic heterocycles. The lowest BCUT2D eigenvalue weighted by atomic mass is 10.2. The first kappa shape index (κ1) is 14.3. The molecule has 1 unspecified atom stereocenters. The lowest BCUT2D eigenvalue weighted by Gasteiger charge is -2.20. The molecule has 0 saturated carbocycles. The van der Waals surface area contributed by atoms with Gasteiger partial charge in [-0.25, -0.2) is 13.1 Å². The van der Waals surface area contributed by atoms with Gasteiger partial charge in [-0.1, -0.05) is 6.07 Å². The zero-order valence-electron chi connectivity index (χ0n) is 10.4. The number of nitrogens with one attached hydrogen (secondary N) is 1. The highest BCUT2D eigenvalue weighted by Crippen LogP contribution is 2.29. The van der Waals surface area contributed by atoms with Crippen molar-refractivity contribution in [2.75, 3.05) is 24.2 Å². The Labute approximate surface area is 121 Å². The summed E-state index contributed by atoms with van der Waals surface area (Å²) >= 11 is 3.36. The molecule has 5 nitrogen and oxygen atoms in total. The minimum Gasteiger partial charge on any atom is -0.369 e. The van der Waals surface area contributed by atoms with Gasteiger partial charge >= 0.3 is 0 Å². The maximum absolute atomic E-state index is 11.2. The Morgan fingerprint density at radius 3 is 2.89 bits per heavy atom. The maximum Gasteiger partial charge on any atom is 0.209 e. The van der Waals surface area contributed by atoms with Crippen molar-refractivity contribution in [3.63, 3.8) is 0 Å². The molecule has 0 aliphatic carbocycles. The van der Waals surface area contributed by atoms with Crippen LogP contribution in [0.5, 0.6) is 0 Å². The first-order valence-corrected chi connectivity index (χ1v) is 8.50. The second kappa shape index (κ2) is 5.49. The molecule has 0 amide bonds. The fourth-order valence-electron chi connectivity index (χ4n) is 2.26. The molecular formula is C12H14BrN3O2S. The van der Waals surface area contributed by atoms with Crippen LogP contribution in [0.2, 0.25) is 0 Å². The Bertz CT molecular complexity index is 624. The second-order valence-electron chi connectivity index (χ2n) is 4.57. The van der Waals surface area contributed by atoms with E-state index in [1.807, 2.05) is 23.1 Å². The van der Waals surface area contributed by atoms with E-state index in [2.05, 4.69) is 26.7 Å². The Kier molecular flexibility index (Phi) is 4.13. The number of rotatable bonds is 3. The van der Waals surface area contributed by atoms with E-state index in [1.54, 1.807) is 0 Å². The van der Waals surface area contributed by atoms with Crippen LogP contribution in [0, 0.1) is 11.3 Å². The predicted molar refractivity (Wildman–Crippen MR) is 77.5 cm³/mol. The first-order chi connectivity index (χ1) is 8.90. The van der Waals surface area contributed by atoms with E-state index < -0.39 is 10.0 Å². The molecule has 1 saturated heterocycles. The fraction of sp³-hybridized carbons (Fsp3) is 0.417. The van der Waals surface area contributed by atoms with Crippen molar-refractivity contribution >= 4 is 31.6 Å². The zero-order valence-corrected chi connectivity index (χ0v) is 12.8. The molecule has 0 bridgehead atoms. The van der Waals surface area contributed by atoms with E-state index in [9.17, 15) is 13.7 Å². The number of sulfonamides is 1. The fourth-order valence-corrected chi connectivity index (χ4v) is 3.51. The second-order valence-corrected chi connectivity index (χ2v) is 7.20. The molecule has 0 aromatic heterocycles. The molecule has 1 aromatic carbocycles. The van der Waals surface area contributed by atoms with Crippen molar-refractivity contribution in [1.82, 2.24) is 4.72 Å². The Morgan fingerprint density at radius 2 is 2.26 bits per heavy atom. The highest BCUT2D eigenvalue weighted by atomic mass is 79.9. The molecular weight excluding hydrogens is 330 g/mol. The number of nitrogens with zero attached hydrogens (tertiary/aromatic N) is 2. The van der Waals surface area contributed by atoms with Gasteiger partial charge in [-0.2, -0.15) is 5.26 Å². The monoisotopic (exact) mass is 343 g/mol. The van der Waals surface area contributed by atoms with Gasteiger partial charge in [0.1, 0.15) is 6.07 Å². The van der Waals surface area contributed by atoms with Gasteiger partial charge in [0.2, 0.25) is 10.0 Å². The van der Waals surface area contributed by atoms with Gasteiger partial charge in [0, 0.05) is 23.6 Å². The lowest BCUT2D eigenvalue weighted by molar-refractivity contribution is 0.567. The third-order valence-electron chi connectivity index (χ3n) is 3.01. The van der Waals surface area contributed by atoms with E-state index in [0.29, 0.717) is 12.1 Å². The van der Waals surface area contributed by atoms with Crippen molar-refractivity contribution in [1.29, 1.82) is 5.26 Å². The first-order valence-electron chi connectivity index (χ1n) is 5.81. The Morgan fingerprint density at radius 1 is 1.53 bits per heavy atom. The number of anilines is 1. The van der Waals surface area contributed by atoms with Crippen molar-refractivity contribution in [2.45, 2.75) is 12.5 Å². The summed E-state index contributed by atoms with van der Waals surface area (Å²) in [5.74, 6) is 0. The van der Waals surface area contributed by atoms with Gasteiger partial charge in [-0.3, -0.25) is 0 Å². The zero-order chi connectivity index (χ0) is 14.0. The SMILES string of the molecule is CS(=O)(=O)NC1CCN(c2cccc(Br)c2C#N)C1.